The molecule has 0 fully saturated rings. The lowest BCUT2D eigenvalue weighted by atomic mass is 10.4. The number of aromatic nitrogens is 3. The molecule has 0 unspecified atom stereocenters. The van der Waals surface area contributed by atoms with Gasteiger partial charge in [0.15, 0.2) is 5.82 Å². The number of nitrogens with zero attached hydrogens (tertiary/aromatic N) is 2. The van der Waals surface area contributed by atoms with Gasteiger partial charge in [-0.15, -0.1) is 0 Å². The van der Waals surface area contributed by atoms with E-state index in [0.717, 1.165) is 11.0 Å². The van der Waals surface area contributed by atoms with E-state index in [2.05, 4.69) is 21.0 Å². The first-order valence-electron chi connectivity index (χ1n) is 2.83. The Morgan fingerprint density at radius 1 is 1.50 bits per heavy atom. The van der Waals surface area contributed by atoms with Gasteiger partial charge in [0.05, 0.1) is 0 Å². The number of fused-ring (bicyclic) bond motifs is 1. The first kappa shape index (κ1) is 5.22. The van der Waals surface area contributed by atoms with E-state index in [4.69, 9.17) is 5.73 Å². The number of nitrogen functional groups attached to an aromatic ring is 1. The highest BCUT2D eigenvalue weighted by atomic mass is 14.9. The second-order valence-corrected chi connectivity index (χ2v) is 1.92. The Kier molecular flexibility index (Phi) is 0.887. The molecule has 10 heavy (non-hydrogen) atoms. The van der Waals surface area contributed by atoms with Crippen molar-refractivity contribution in [1.82, 2.24) is 15.0 Å². The van der Waals surface area contributed by atoms with E-state index in [1.807, 2.05) is 0 Å². The first-order valence-corrected chi connectivity index (χ1v) is 2.83. The molecule has 0 aliphatic rings. The Morgan fingerprint density at radius 2 is 2.40 bits per heavy atom. The normalized spacial score (nSPS) is 10.4. The van der Waals surface area contributed by atoms with Crippen LogP contribution in [-0.4, -0.2) is 15.0 Å². The fraction of sp³-hybridized carbons (Fsp3) is 0. The van der Waals surface area contributed by atoms with Crippen LogP contribution >= 0.6 is 0 Å². The summed E-state index contributed by atoms with van der Waals surface area (Å²) in [4.78, 5) is 10.6. The quantitative estimate of drug-likeness (QED) is 0.544. The Balaban J connectivity index is 2.95. The van der Waals surface area contributed by atoms with Crippen LogP contribution < -0.4 is 5.73 Å². The highest BCUT2D eigenvalue weighted by Crippen LogP contribution is 2.11. The van der Waals surface area contributed by atoms with Gasteiger partial charge in [0.25, 0.3) is 0 Å². The number of nitrogens with two attached hydrogens (primary N) is 1. The van der Waals surface area contributed by atoms with E-state index >= 15 is 0 Å². The molecule has 2 aromatic heterocycles. The minimum atomic E-state index is 0.464. The average molecular weight is 133 g/mol. The van der Waals surface area contributed by atoms with Crippen LogP contribution in [0, 0.1) is 6.07 Å². The Labute approximate surface area is 57.1 Å². The molecule has 2 aromatic rings. The molecule has 2 rings (SSSR count). The second-order valence-electron chi connectivity index (χ2n) is 1.92. The molecule has 0 aliphatic heterocycles. The van der Waals surface area contributed by atoms with Gasteiger partial charge in [-0.05, 0) is 0 Å². The third-order valence-electron chi connectivity index (χ3n) is 1.30. The van der Waals surface area contributed by atoms with E-state index in [-0.39, 0.29) is 0 Å². The lowest BCUT2D eigenvalue weighted by Crippen LogP contribution is -1.91. The van der Waals surface area contributed by atoms with Crippen LogP contribution in [0.25, 0.3) is 11.0 Å². The summed E-state index contributed by atoms with van der Waals surface area (Å²) in [5.41, 5.74) is 6.98. The predicted molar refractivity (Wildman–Crippen MR) is 37.1 cm³/mol. The lowest BCUT2D eigenvalue weighted by molar-refractivity contribution is 1.22. The van der Waals surface area contributed by atoms with Crippen molar-refractivity contribution in [2.45, 2.75) is 0 Å². The number of anilines is 1. The maximum absolute atomic E-state index is 5.50. The number of hydrogen-bond donors (Lipinski definition) is 2. The molecule has 0 aliphatic carbocycles. The Bertz CT molecular complexity index is 351. The maximum Gasteiger partial charge on any atom is 0.151 e. The second kappa shape index (κ2) is 1.70. The Hall–Kier alpha value is -1.58. The minimum Gasteiger partial charge on any atom is -0.382 e. The summed E-state index contributed by atoms with van der Waals surface area (Å²) < 4.78 is 0. The number of nitrogens with one attached hydrogen (secondary N) is 1. The zero-order chi connectivity index (χ0) is 6.97. The largest absolute Gasteiger partial charge is 0.382 e. The number of aromatic amines is 1. The molecule has 4 nitrogen and oxygen atoms in total. The van der Waals surface area contributed by atoms with Crippen molar-refractivity contribution in [2.75, 3.05) is 5.73 Å². The molecular weight excluding hydrogens is 128 g/mol. The van der Waals surface area contributed by atoms with Gasteiger partial charge < -0.3 is 10.7 Å². The maximum atomic E-state index is 5.50. The third kappa shape index (κ3) is 0.556. The fourth-order valence-electron chi connectivity index (χ4n) is 0.828. The Morgan fingerprint density at radius 3 is 3.20 bits per heavy atom. The molecule has 0 saturated carbocycles. The van der Waals surface area contributed by atoms with Crippen LogP contribution in [0.15, 0.2) is 12.5 Å². The number of H-pyrrole nitrogens is 1. The highest BCUT2D eigenvalue weighted by molar-refractivity contribution is 5.83. The monoisotopic (exact) mass is 133 g/mol. The SMILES string of the molecule is Nc1ncnc2[c]c[nH]c12. The first-order chi connectivity index (χ1) is 4.88. The summed E-state index contributed by atoms with van der Waals surface area (Å²) in [6.07, 6.45) is 3.08. The molecule has 0 atom stereocenters. The zero-order valence-corrected chi connectivity index (χ0v) is 5.13. The molecule has 0 bridgehead atoms. The molecule has 4 heteroatoms. The zero-order valence-electron chi connectivity index (χ0n) is 5.13. The van der Waals surface area contributed by atoms with Crippen molar-refractivity contribution in [3.8, 4) is 0 Å². The van der Waals surface area contributed by atoms with Crippen molar-refractivity contribution in [3.63, 3.8) is 0 Å². The average Bonchev–Trinajstić information content (AvgIpc) is 2.36. The highest BCUT2D eigenvalue weighted by Gasteiger charge is 1.98. The van der Waals surface area contributed by atoms with Gasteiger partial charge in [0.1, 0.15) is 17.4 Å². The molecule has 3 N–H and O–H groups in total. The van der Waals surface area contributed by atoms with Crippen molar-refractivity contribution in [3.05, 3.63) is 18.6 Å². The number of hydrogen-bond acceptors (Lipinski definition) is 3. The van der Waals surface area contributed by atoms with Crippen molar-refractivity contribution >= 4 is 16.9 Å². The van der Waals surface area contributed by atoms with Gasteiger partial charge in [-0.2, -0.15) is 0 Å². The van der Waals surface area contributed by atoms with E-state index in [0.29, 0.717) is 5.82 Å². The summed E-state index contributed by atoms with van der Waals surface area (Å²) in [6.45, 7) is 0. The van der Waals surface area contributed by atoms with Crippen molar-refractivity contribution in [2.24, 2.45) is 0 Å². The summed E-state index contributed by atoms with van der Waals surface area (Å²) in [7, 11) is 0. The summed E-state index contributed by atoms with van der Waals surface area (Å²) in [5.74, 6) is 0.464. The molecule has 0 amide bonds. The molecule has 0 spiro atoms. The van der Waals surface area contributed by atoms with Crippen LogP contribution in [-0.2, 0) is 0 Å². The van der Waals surface area contributed by atoms with E-state index in [1.165, 1.54) is 6.33 Å². The van der Waals surface area contributed by atoms with Crippen molar-refractivity contribution < 1.29 is 0 Å². The summed E-state index contributed by atoms with van der Waals surface area (Å²) >= 11 is 0. The van der Waals surface area contributed by atoms with E-state index < -0.39 is 0 Å². The van der Waals surface area contributed by atoms with Crippen LogP contribution in [0.5, 0.6) is 0 Å². The van der Waals surface area contributed by atoms with Gasteiger partial charge in [-0.25, -0.2) is 9.97 Å². The number of rotatable bonds is 0. The molecule has 49 valence electrons. The van der Waals surface area contributed by atoms with Crippen molar-refractivity contribution in [1.29, 1.82) is 0 Å². The topological polar surface area (TPSA) is 67.6 Å². The van der Waals surface area contributed by atoms with Gasteiger partial charge in [-0.3, -0.25) is 0 Å². The third-order valence-corrected chi connectivity index (χ3v) is 1.30. The predicted octanol–water partition coefficient (Wildman–Crippen LogP) is 0.340. The molecular formula is C6H5N4. The van der Waals surface area contributed by atoms with E-state index in [1.54, 1.807) is 6.20 Å². The van der Waals surface area contributed by atoms with Gasteiger partial charge in [-0.1, -0.05) is 0 Å². The summed E-state index contributed by atoms with van der Waals surface area (Å²) in [5, 5.41) is 0. The van der Waals surface area contributed by atoms with Crippen LogP contribution in [0.1, 0.15) is 0 Å². The standard InChI is InChI=1S/C6H5N4/c7-6-5-4(1-2-8-5)9-3-10-6/h2-3,8H,(H2,7,9,10). The molecule has 2 heterocycles. The fourth-order valence-corrected chi connectivity index (χ4v) is 0.828. The van der Waals surface area contributed by atoms with Crippen LogP contribution in [0.3, 0.4) is 0 Å². The molecule has 0 aromatic carbocycles. The summed E-state index contributed by atoms with van der Waals surface area (Å²) in [6, 6.07) is 2.87. The van der Waals surface area contributed by atoms with Crippen LogP contribution in [0.2, 0.25) is 0 Å². The van der Waals surface area contributed by atoms with Gasteiger partial charge in [0.2, 0.25) is 0 Å². The van der Waals surface area contributed by atoms with Crippen LogP contribution in [0.4, 0.5) is 5.82 Å². The van der Waals surface area contributed by atoms with Gasteiger partial charge in [0, 0.05) is 12.3 Å². The minimum absolute atomic E-state index is 0.464. The van der Waals surface area contributed by atoms with Gasteiger partial charge >= 0.3 is 0 Å². The molecule has 0 saturated heterocycles. The smallest absolute Gasteiger partial charge is 0.151 e. The lowest BCUT2D eigenvalue weighted by Gasteiger charge is -1.90. The molecule has 1 radical (unpaired) electrons. The van der Waals surface area contributed by atoms with E-state index in [9.17, 15) is 0 Å².